The molecule has 2 aromatic carbocycles. The van der Waals surface area contributed by atoms with Crippen molar-refractivity contribution < 1.29 is 4.39 Å². The summed E-state index contributed by atoms with van der Waals surface area (Å²) < 4.78 is 13.5. The molecular weight excluding hydrogens is 253 g/mol. The van der Waals surface area contributed by atoms with Crippen LogP contribution in [0.1, 0.15) is 17.0 Å². The van der Waals surface area contributed by atoms with Gasteiger partial charge in [0.25, 0.3) is 0 Å². The van der Waals surface area contributed by atoms with Gasteiger partial charge < -0.3 is 4.98 Å². The van der Waals surface area contributed by atoms with Gasteiger partial charge in [0.2, 0.25) is 0 Å². The number of aryl methyl sites for hydroxylation is 2. The number of H-pyrrole nitrogens is 1. The molecule has 0 atom stereocenters. The van der Waals surface area contributed by atoms with Gasteiger partial charge in [-0.15, -0.1) is 0 Å². The number of aromatic nitrogens is 2. The van der Waals surface area contributed by atoms with Crippen molar-refractivity contribution in [1.82, 2.24) is 9.97 Å². The van der Waals surface area contributed by atoms with E-state index >= 15 is 0 Å². The number of imidazole rings is 1. The van der Waals surface area contributed by atoms with Crippen LogP contribution in [-0.2, 0) is 12.8 Å². The van der Waals surface area contributed by atoms with Crippen LogP contribution in [0, 0.1) is 17.1 Å². The van der Waals surface area contributed by atoms with Crippen LogP contribution in [0.4, 0.5) is 4.39 Å². The molecule has 3 nitrogen and oxygen atoms in total. The molecule has 0 radical (unpaired) electrons. The van der Waals surface area contributed by atoms with Crippen LogP contribution in [0.3, 0.4) is 0 Å². The molecule has 20 heavy (non-hydrogen) atoms. The summed E-state index contributed by atoms with van der Waals surface area (Å²) in [6.45, 7) is 0. The Morgan fingerprint density at radius 1 is 1.15 bits per heavy atom. The molecule has 3 rings (SSSR count). The summed E-state index contributed by atoms with van der Waals surface area (Å²) in [6, 6.07) is 14.2. The third kappa shape index (κ3) is 2.39. The van der Waals surface area contributed by atoms with E-state index in [1.807, 2.05) is 12.1 Å². The molecule has 0 unspecified atom stereocenters. The summed E-state index contributed by atoms with van der Waals surface area (Å²) in [5, 5.41) is 8.86. The predicted octanol–water partition coefficient (Wildman–Crippen LogP) is 3.36. The second-order valence-corrected chi connectivity index (χ2v) is 4.62. The normalized spacial score (nSPS) is 10.6. The van der Waals surface area contributed by atoms with Crippen molar-refractivity contribution in [3.63, 3.8) is 0 Å². The molecule has 3 aromatic rings. The molecule has 0 amide bonds. The molecule has 4 heteroatoms. The van der Waals surface area contributed by atoms with E-state index in [-0.39, 0.29) is 5.82 Å². The van der Waals surface area contributed by atoms with Gasteiger partial charge in [-0.05, 0) is 36.2 Å². The lowest BCUT2D eigenvalue weighted by atomic mass is 10.1. The molecule has 0 aliphatic rings. The van der Waals surface area contributed by atoms with Gasteiger partial charge in [-0.1, -0.05) is 18.2 Å². The fraction of sp³-hybridized carbons (Fsp3) is 0.125. The van der Waals surface area contributed by atoms with Crippen LogP contribution in [0.15, 0.2) is 42.5 Å². The quantitative estimate of drug-likeness (QED) is 0.789. The second kappa shape index (κ2) is 5.14. The molecule has 0 saturated heterocycles. The van der Waals surface area contributed by atoms with Gasteiger partial charge in [-0.2, -0.15) is 5.26 Å². The van der Waals surface area contributed by atoms with Crippen LogP contribution in [-0.4, -0.2) is 9.97 Å². The number of nitriles is 1. The molecule has 0 spiro atoms. The molecular formula is C16H12FN3. The number of nitrogens with one attached hydrogen (secondary N) is 1. The zero-order chi connectivity index (χ0) is 13.9. The molecule has 0 fully saturated rings. The van der Waals surface area contributed by atoms with E-state index in [1.165, 1.54) is 6.07 Å². The predicted molar refractivity (Wildman–Crippen MR) is 74.6 cm³/mol. The van der Waals surface area contributed by atoms with Crippen LogP contribution in [0.2, 0.25) is 0 Å². The standard InChI is InChI=1S/C16H12FN3/c17-13-4-2-1-3-12(13)6-8-16-19-14-7-5-11(10-18)9-15(14)20-16/h1-5,7,9H,6,8H2,(H,19,20). The minimum Gasteiger partial charge on any atom is -0.342 e. The zero-order valence-corrected chi connectivity index (χ0v) is 10.7. The number of hydrogen-bond donors (Lipinski definition) is 1. The Balaban J connectivity index is 1.82. The van der Waals surface area contributed by atoms with E-state index in [2.05, 4.69) is 16.0 Å². The largest absolute Gasteiger partial charge is 0.342 e. The lowest BCUT2D eigenvalue weighted by molar-refractivity contribution is 0.607. The highest BCUT2D eigenvalue weighted by molar-refractivity contribution is 5.76. The Hall–Kier alpha value is -2.67. The Morgan fingerprint density at radius 3 is 2.80 bits per heavy atom. The van der Waals surface area contributed by atoms with Crippen LogP contribution >= 0.6 is 0 Å². The Bertz CT molecular complexity index is 799. The number of halogens is 1. The molecule has 1 N–H and O–H groups in total. The monoisotopic (exact) mass is 265 g/mol. The van der Waals surface area contributed by atoms with E-state index in [4.69, 9.17) is 5.26 Å². The smallest absolute Gasteiger partial charge is 0.126 e. The van der Waals surface area contributed by atoms with Crippen molar-refractivity contribution in [3.8, 4) is 6.07 Å². The second-order valence-electron chi connectivity index (χ2n) is 4.62. The van der Waals surface area contributed by atoms with E-state index < -0.39 is 0 Å². The third-order valence-electron chi connectivity index (χ3n) is 3.25. The minimum absolute atomic E-state index is 0.185. The molecule has 1 heterocycles. The minimum atomic E-state index is -0.185. The van der Waals surface area contributed by atoms with Crippen molar-refractivity contribution in [1.29, 1.82) is 5.26 Å². The van der Waals surface area contributed by atoms with Crippen molar-refractivity contribution >= 4 is 11.0 Å². The average molecular weight is 265 g/mol. The number of fused-ring (bicyclic) bond motifs is 1. The lowest BCUT2D eigenvalue weighted by Crippen LogP contribution is -1.96. The van der Waals surface area contributed by atoms with E-state index in [1.54, 1.807) is 24.3 Å². The van der Waals surface area contributed by atoms with E-state index in [0.717, 1.165) is 16.9 Å². The molecule has 0 saturated carbocycles. The Morgan fingerprint density at radius 2 is 2.00 bits per heavy atom. The first-order valence-electron chi connectivity index (χ1n) is 6.38. The number of benzene rings is 2. The van der Waals surface area contributed by atoms with Crippen LogP contribution in [0.5, 0.6) is 0 Å². The number of nitrogens with zero attached hydrogens (tertiary/aromatic N) is 2. The highest BCUT2D eigenvalue weighted by atomic mass is 19.1. The maximum Gasteiger partial charge on any atom is 0.126 e. The van der Waals surface area contributed by atoms with Gasteiger partial charge >= 0.3 is 0 Å². The fourth-order valence-electron chi connectivity index (χ4n) is 2.20. The van der Waals surface area contributed by atoms with Gasteiger partial charge in [-0.3, -0.25) is 0 Å². The van der Waals surface area contributed by atoms with Gasteiger partial charge in [0.15, 0.2) is 0 Å². The number of aromatic amines is 1. The molecule has 98 valence electrons. The van der Waals surface area contributed by atoms with E-state index in [0.29, 0.717) is 24.0 Å². The topological polar surface area (TPSA) is 52.5 Å². The van der Waals surface area contributed by atoms with Crippen LogP contribution in [0.25, 0.3) is 11.0 Å². The highest BCUT2D eigenvalue weighted by Gasteiger charge is 2.06. The third-order valence-corrected chi connectivity index (χ3v) is 3.25. The van der Waals surface area contributed by atoms with Crippen molar-refractivity contribution in [2.45, 2.75) is 12.8 Å². The lowest BCUT2D eigenvalue weighted by Gasteiger charge is -2.00. The highest BCUT2D eigenvalue weighted by Crippen LogP contribution is 2.15. The molecule has 0 aliphatic heterocycles. The van der Waals surface area contributed by atoms with Crippen molar-refractivity contribution in [2.24, 2.45) is 0 Å². The SMILES string of the molecule is N#Cc1ccc2nc(CCc3ccccc3F)[nH]c2c1. The van der Waals surface area contributed by atoms with E-state index in [9.17, 15) is 4.39 Å². The number of hydrogen-bond acceptors (Lipinski definition) is 2. The summed E-state index contributed by atoms with van der Waals surface area (Å²) in [6.07, 6.45) is 1.23. The molecule has 0 aliphatic carbocycles. The maximum atomic E-state index is 13.5. The zero-order valence-electron chi connectivity index (χ0n) is 10.7. The summed E-state index contributed by atoms with van der Waals surface area (Å²) >= 11 is 0. The van der Waals surface area contributed by atoms with Gasteiger partial charge in [-0.25, -0.2) is 9.37 Å². The maximum absolute atomic E-state index is 13.5. The number of rotatable bonds is 3. The summed E-state index contributed by atoms with van der Waals surface area (Å²) in [4.78, 5) is 7.62. The van der Waals surface area contributed by atoms with Crippen molar-refractivity contribution in [2.75, 3.05) is 0 Å². The van der Waals surface area contributed by atoms with Gasteiger partial charge in [0, 0.05) is 6.42 Å². The molecule has 0 bridgehead atoms. The summed E-state index contributed by atoms with van der Waals surface area (Å²) in [5.74, 6) is 0.619. The summed E-state index contributed by atoms with van der Waals surface area (Å²) in [5.41, 5.74) is 2.95. The fourth-order valence-corrected chi connectivity index (χ4v) is 2.20. The van der Waals surface area contributed by atoms with Crippen LogP contribution < -0.4 is 0 Å². The van der Waals surface area contributed by atoms with Crippen molar-refractivity contribution in [3.05, 3.63) is 65.2 Å². The Kier molecular flexibility index (Phi) is 3.18. The van der Waals surface area contributed by atoms with Gasteiger partial charge in [0.05, 0.1) is 22.7 Å². The Labute approximate surface area is 115 Å². The van der Waals surface area contributed by atoms with Gasteiger partial charge in [0.1, 0.15) is 11.6 Å². The first kappa shape index (κ1) is 12.4. The summed E-state index contributed by atoms with van der Waals surface area (Å²) in [7, 11) is 0. The first-order valence-corrected chi connectivity index (χ1v) is 6.38. The average Bonchev–Trinajstić information content (AvgIpc) is 2.88. The molecule has 1 aromatic heterocycles. The first-order chi connectivity index (χ1) is 9.76.